The second kappa shape index (κ2) is 5.11. The van der Waals surface area contributed by atoms with Crippen molar-refractivity contribution in [2.45, 2.75) is 25.9 Å². The fraction of sp³-hybridized carbons (Fsp3) is 0.692. The molecule has 1 N–H and O–H groups in total. The molecule has 0 spiro atoms. The first-order valence-electron chi connectivity index (χ1n) is 6.69. The predicted octanol–water partition coefficient (Wildman–Crippen LogP) is 1.56. The lowest BCUT2D eigenvalue weighted by Crippen LogP contribution is -2.34. The zero-order valence-corrected chi connectivity index (χ0v) is 11.4. The number of aromatic nitrogens is 2. The maximum Gasteiger partial charge on any atom is 0.147 e. The van der Waals surface area contributed by atoms with Gasteiger partial charge < -0.3 is 5.32 Å². The number of hydrogen-bond acceptors (Lipinski definition) is 4. The molecule has 2 aliphatic heterocycles. The van der Waals surface area contributed by atoms with Crippen LogP contribution in [0, 0.1) is 11.8 Å². The molecule has 18 heavy (non-hydrogen) atoms. The molecule has 98 valence electrons. The van der Waals surface area contributed by atoms with Crippen molar-refractivity contribution in [3.63, 3.8) is 0 Å². The average molecular weight is 267 g/mol. The van der Waals surface area contributed by atoms with E-state index in [2.05, 4.69) is 27.1 Å². The Morgan fingerprint density at radius 2 is 2.28 bits per heavy atom. The van der Waals surface area contributed by atoms with Crippen LogP contribution in [0.25, 0.3) is 0 Å². The van der Waals surface area contributed by atoms with Crippen LogP contribution in [0.4, 0.5) is 0 Å². The van der Waals surface area contributed by atoms with Crippen LogP contribution >= 0.6 is 11.6 Å². The quantitative estimate of drug-likeness (QED) is 0.902. The minimum absolute atomic E-state index is 0.466. The zero-order valence-electron chi connectivity index (χ0n) is 10.6. The Hall–Kier alpha value is -0.710. The van der Waals surface area contributed by atoms with Gasteiger partial charge in [-0.3, -0.25) is 9.88 Å². The van der Waals surface area contributed by atoms with Gasteiger partial charge in [-0.25, -0.2) is 4.98 Å². The van der Waals surface area contributed by atoms with Gasteiger partial charge in [0.15, 0.2) is 0 Å². The van der Waals surface area contributed by atoms with E-state index < -0.39 is 0 Å². The first-order valence-corrected chi connectivity index (χ1v) is 7.07. The summed E-state index contributed by atoms with van der Waals surface area (Å²) in [5.74, 6) is 1.63. The van der Waals surface area contributed by atoms with E-state index in [4.69, 9.17) is 11.6 Å². The molecular formula is C13H19ClN4. The van der Waals surface area contributed by atoms with Crippen molar-refractivity contribution >= 4 is 11.6 Å². The van der Waals surface area contributed by atoms with Gasteiger partial charge in [-0.05, 0) is 31.3 Å². The van der Waals surface area contributed by atoms with E-state index in [1.807, 2.05) is 0 Å². The second-order valence-electron chi connectivity index (χ2n) is 5.32. The number of nitrogens with one attached hydrogen (secondary N) is 1. The highest BCUT2D eigenvalue weighted by Crippen LogP contribution is 2.34. The summed E-state index contributed by atoms with van der Waals surface area (Å²) in [6, 6.07) is 0.683. The first-order chi connectivity index (χ1) is 8.78. The Morgan fingerprint density at radius 3 is 3.00 bits per heavy atom. The Bertz CT molecular complexity index is 408. The molecule has 0 bridgehead atoms. The van der Waals surface area contributed by atoms with E-state index in [1.54, 1.807) is 12.4 Å². The normalized spacial score (nSPS) is 31.8. The van der Waals surface area contributed by atoms with Crippen molar-refractivity contribution in [2.75, 3.05) is 19.6 Å². The topological polar surface area (TPSA) is 41.0 Å². The smallest absolute Gasteiger partial charge is 0.147 e. The van der Waals surface area contributed by atoms with Crippen LogP contribution in [0.3, 0.4) is 0 Å². The Morgan fingerprint density at radius 1 is 1.39 bits per heavy atom. The fourth-order valence-corrected chi connectivity index (χ4v) is 3.58. The SMILES string of the molecule is CCC1C2CNCC2CN1Cc1cnc(Cl)cn1. The summed E-state index contributed by atoms with van der Waals surface area (Å²) < 4.78 is 0. The molecule has 3 atom stereocenters. The van der Waals surface area contributed by atoms with Crippen molar-refractivity contribution in [3.8, 4) is 0 Å². The number of rotatable bonds is 3. The molecule has 0 radical (unpaired) electrons. The lowest BCUT2D eigenvalue weighted by atomic mass is 9.93. The lowest BCUT2D eigenvalue weighted by molar-refractivity contribution is 0.208. The molecule has 1 aromatic heterocycles. The van der Waals surface area contributed by atoms with Gasteiger partial charge in [0.2, 0.25) is 0 Å². The van der Waals surface area contributed by atoms with E-state index in [9.17, 15) is 0 Å². The minimum Gasteiger partial charge on any atom is -0.316 e. The van der Waals surface area contributed by atoms with Gasteiger partial charge in [-0.1, -0.05) is 18.5 Å². The molecule has 3 rings (SSSR count). The Kier molecular flexibility index (Phi) is 3.50. The fourth-order valence-electron chi connectivity index (χ4n) is 3.48. The lowest BCUT2D eigenvalue weighted by Gasteiger charge is -2.26. The van der Waals surface area contributed by atoms with Crippen molar-refractivity contribution in [3.05, 3.63) is 23.2 Å². The van der Waals surface area contributed by atoms with Crippen molar-refractivity contribution in [1.29, 1.82) is 0 Å². The maximum absolute atomic E-state index is 5.77. The standard InChI is InChI=1S/C13H19ClN4/c1-2-12-11-5-15-3-9(11)7-18(12)8-10-4-17-13(14)6-16-10/h4,6,9,11-12,15H,2-3,5,7-8H2,1H3. The summed E-state index contributed by atoms with van der Waals surface area (Å²) in [6.45, 7) is 6.71. The Balaban J connectivity index is 1.71. The van der Waals surface area contributed by atoms with Crippen molar-refractivity contribution in [2.24, 2.45) is 11.8 Å². The largest absolute Gasteiger partial charge is 0.316 e. The molecule has 5 heteroatoms. The second-order valence-corrected chi connectivity index (χ2v) is 5.70. The molecule has 3 unspecified atom stereocenters. The third-order valence-electron chi connectivity index (χ3n) is 4.28. The molecule has 0 amide bonds. The van der Waals surface area contributed by atoms with Gasteiger partial charge in [0, 0.05) is 19.1 Å². The van der Waals surface area contributed by atoms with Gasteiger partial charge in [-0.2, -0.15) is 0 Å². The molecule has 4 nitrogen and oxygen atoms in total. The number of nitrogens with zero attached hydrogens (tertiary/aromatic N) is 3. The van der Waals surface area contributed by atoms with E-state index >= 15 is 0 Å². The summed E-state index contributed by atoms with van der Waals surface area (Å²) in [5.41, 5.74) is 1.02. The number of fused-ring (bicyclic) bond motifs is 1. The average Bonchev–Trinajstić information content (AvgIpc) is 2.92. The third kappa shape index (κ3) is 2.25. The van der Waals surface area contributed by atoms with Crippen LogP contribution < -0.4 is 5.32 Å². The number of halogens is 1. The van der Waals surface area contributed by atoms with E-state index in [-0.39, 0.29) is 0 Å². The van der Waals surface area contributed by atoms with Gasteiger partial charge in [-0.15, -0.1) is 0 Å². The molecule has 0 aliphatic carbocycles. The van der Waals surface area contributed by atoms with E-state index in [0.29, 0.717) is 11.2 Å². The van der Waals surface area contributed by atoms with Crippen LogP contribution in [0.1, 0.15) is 19.0 Å². The van der Waals surface area contributed by atoms with Crippen LogP contribution in [0.2, 0.25) is 5.15 Å². The number of likely N-dealkylation sites (tertiary alicyclic amines) is 1. The predicted molar refractivity (Wildman–Crippen MR) is 71.4 cm³/mol. The summed E-state index contributed by atoms with van der Waals surface area (Å²) in [7, 11) is 0. The molecule has 3 heterocycles. The van der Waals surface area contributed by atoms with Crippen LogP contribution in [0.15, 0.2) is 12.4 Å². The monoisotopic (exact) mass is 266 g/mol. The molecule has 0 saturated carbocycles. The molecule has 2 fully saturated rings. The summed E-state index contributed by atoms with van der Waals surface area (Å²) in [5, 5.41) is 3.97. The maximum atomic E-state index is 5.77. The highest BCUT2D eigenvalue weighted by molar-refractivity contribution is 6.29. The van der Waals surface area contributed by atoms with E-state index in [1.165, 1.54) is 26.1 Å². The summed E-state index contributed by atoms with van der Waals surface area (Å²) >= 11 is 5.77. The van der Waals surface area contributed by atoms with Crippen LogP contribution in [0.5, 0.6) is 0 Å². The van der Waals surface area contributed by atoms with Crippen molar-refractivity contribution in [1.82, 2.24) is 20.2 Å². The summed E-state index contributed by atoms with van der Waals surface area (Å²) in [6.07, 6.45) is 4.64. The molecule has 2 saturated heterocycles. The third-order valence-corrected chi connectivity index (χ3v) is 4.48. The van der Waals surface area contributed by atoms with Crippen LogP contribution in [-0.4, -0.2) is 40.5 Å². The van der Waals surface area contributed by atoms with Gasteiger partial charge in [0.05, 0.1) is 18.1 Å². The molecule has 1 aromatic rings. The molecule has 2 aliphatic rings. The number of hydrogen-bond donors (Lipinski definition) is 1. The molecule has 0 aromatic carbocycles. The highest BCUT2D eigenvalue weighted by Gasteiger charge is 2.42. The van der Waals surface area contributed by atoms with Gasteiger partial charge in [0.25, 0.3) is 0 Å². The Labute approximate surface area is 113 Å². The minimum atomic E-state index is 0.466. The van der Waals surface area contributed by atoms with Crippen molar-refractivity contribution < 1.29 is 0 Å². The highest BCUT2D eigenvalue weighted by atomic mass is 35.5. The van der Waals surface area contributed by atoms with Gasteiger partial charge in [0.1, 0.15) is 5.15 Å². The first kappa shape index (κ1) is 12.3. The zero-order chi connectivity index (χ0) is 12.5. The van der Waals surface area contributed by atoms with Gasteiger partial charge >= 0.3 is 0 Å². The van der Waals surface area contributed by atoms with Crippen LogP contribution in [-0.2, 0) is 6.54 Å². The summed E-state index contributed by atoms with van der Waals surface area (Å²) in [4.78, 5) is 11.0. The van der Waals surface area contributed by atoms with E-state index in [0.717, 1.165) is 24.1 Å². The molecular weight excluding hydrogens is 248 g/mol.